The third-order valence-corrected chi connectivity index (χ3v) is 3.27. The Morgan fingerprint density at radius 2 is 2.27 bits per heavy atom. The fourth-order valence-corrected chi connectivity index (χ4v) is 2.29. The number of alkyl halides is 1. The van der Waals surface area contributed by atoms with Gasteiger partial charge in [-0.05, 0) is 11.6 Å². The molecule has 2 unspecified atom stereocenters. The number of aliphatic hydroxyl groups is 1. The third-order valence-electron chi connectivity index (χ3n) is 2.91. The van der Waals surface area contributed by atoms with Crippen molar-refractivity contribution in [3.05, 3.63) is 29.8 Å². The standard InChI is InChI=1S/C12H16ClNO/c1-9-7-14(8-10(15)6-13)12-5-3-2-4-11(9)12/h2-5,9-10,15H,6-8H2,1H3. The van der Waals surface area contributed by atoms with Crippen molar-refractivity contribution >= 4 is 17.3 Å². The number of β-amino-alcohol motifs (C(OH)–C–C–N with tert-alkyl or cyclic N) is 1. The lowest BCUT2D eigenvalue weighted by molar-refractivity contribution is 0.203. The highest BCUT2D eigenvalue weighted by Crippen LogP contribution is 2.35. The summed E-state index contributed by atoms with van der Waals surface area (Å²) in [5.41, 5.74) is 2.62. The number of nitrogens with zero attached hydrogens (tertiary/aromatic N) is 1. The topological polar surface area (TPSA) is 23.5 Å². The fraction of sp³-hybridized carbons (Fsp3) is 0.500. The molecular formula is C12H16ClNO. The van der Waals surface area contributed by atoms with Crippen molar-refractivity contribution in [3.63, 3.8) is 0 Å². The number of para-hydroxylation sites is 1. The van der Waals surface area contributed by atoms with Gasteiger partial charge in [-0.1, -0.05) is 25.1 Å². The molecule has 0 saturated carbocycles. The number of fused-ring (bicyclic) bond motifs is 1. The van der Waals surface area contributed by atoms with Gasteiger partial charge >= 0.3 is 0 Å². The Bertz CT molecular complexity index is 342. The molecule has 2 rings (SSSR count). The first-order valence-corrected chi connectivity index (χ1v) is 5.83. The number of benzene rings is 1. The van der Waals surface area contributed by atoms with Crippen LogP contribution in [0.1, 0.15) is 18.4 Å². The summed E-state index contributed by atoms with van der Waals surface area (Å²) in [6, 6.07) is 8.38. The number of anilines is 1. The molecule has 0 radical (unpaired) electrons. The minimum Gasteiger partial charge on any atom is -0.390 e. The first kappa shape index (κ1) is 10.8. The van der Waals surface area contributed by atoms with E-state index in [4.69, 9.17) is 11.6 Å². The lowest BCUT2D eigenvalue weighted by Crippen LogP contribution is -2.32. The molecule has 0 fully saturated rings. The average Bonchev–Trinajstić information content (AvgIpc) is 2.57. The predicted molar refractivity (Wildman–Crippen MR) is 63.8 cm³/mol. The molecule has 82 valence electrons. The van der Waals surface area contributed by atoms with E-state index in [1.54, 1.807) is 0 Å². The summed E-state index contributed by atoms with van der Waals surface area (Å²) >= 11 is 5.62. The second kappa shape index (κ2) is 4.42. The summed E-state index contributed by atoms with van der Waals surface area (Å²) in [5.74, 6) is 0.844. The van der Waals surface area contributed by atoms with Crippen molar-refractivity contribution in [1.29, 1.82) is 0 Å². The van der Waals surface area contributed by atoms with Gasteiger partial charge in [-0.25, -0.2) is 0 Å². The van der Waals surface area contributed by atoms with E-state index in [9.17, 15) is 5.11 Å². The van der Waals surface area contributed by atoms with Crippen LogP contribution in [0.25, 0.3) is 0 Å². The Hall–Kier alpha value is -0.730. The smallest absolute Gasteiger partial charge is 0.0850 e. The second-order valence-electron chi connectivity index (χ2n) is 4.17. The molecule has 1 aliphatic heterocycles. The Morgan fingerprint density at radius 3 is 3.00 bits per heavy atom. The summed E-state index contributed by atoms with van der Waals surface area (Å²) in [6.07, 6.45) is -0.440. The van der Waals surface area contributed by atoms with Crippen LogP contribution in [0.4, 0.5) is 5.69 Å². The summed E-state index contributed by atoms with van der Waals surface area (Å²) in [4.78, 5) is 2.22. The van der Waals surface area contributed by atoms with Crippen LogP contribution in [0.3, 0.4) is 0 Å². The maximum Gasteiger partial charge on any atom is 0.0850 e. The Kier molecular flexibility index (Phi) is 3.17. The van der Waals surface area contributed by atoms with Crippen LogP contribution < -0.4 is 4.90 Å². The molecule has 0 bridgehead atoms. The molecule has 2 nitrogen and oxygen atoms in total. The number of hydrogen-bond donors (Lipinski definition) is 1. The molecule has 2 atom stereocenters. The summed E-state index contributed by atoms with van der Waals surface area (Å²) in [7, 11) is 0. The normalized spacial score (nSPS) is 21.5. The molecule has 3 heteroatoms. The van der Waals surface area contributed by atoms with Gasteiger partial charge in [0.15, 0.2) is 0 Å². The van der Waals surface area contributed by atoms with Crippen LogP contribution in [0.15, 0.2) is 24.3 Å². The van der Waals surface area contributed by atoms with Gasteiger partial charge in [0.2, 0.25) is 0 Å². The number of hydrogen-bond acceptors (Lipinski definition) is 2. The molecule has 0 aromatic heterocycles. The monoisotopic (exact) mass is 225 g/mol. The van der Waals surface area contributed by atoms with Crippen molar-refractivity contribution in [2.24, 2.45) is 0 Å². The number of rotatable bonds is 3. The zero-order chi connectivity index (χ0) is 10.8. The van der Waals surface area contributed by atoms with Crippen LogP contribution in [0, 0.1) is 0 Å². The fourth-order valence-electron chi connectivity index (χ4n) is 2.20. The van der Waals surface area contributed by atoms with Gasteiger partial charge in [-0.15, -0.1) is 11.6 Å². The third kappa shape index (κ3) is 2.11. The van der Waals surface area contributed by atoms with Gasteiger partial charge in [0, 0.05) is 24.7 Å². The van der Waals surface area contributed by atoms with E-state index in [1.807, 2.05) is 6.07 Å². The SMILES string of the molecule is CC1CN(CC(O)CCl)c2ccccc21. The summed E-state index contributed by atoms with van der Waals surface area (Å²) in [6.45, 7) is 3.82. The second-order valence-corrected chi connectivity index (χ2v) is 4.48. The van der Waals surface area contributed by atoms with E-state index in [1.165, 1.54) is 11.3 Å². The molecule has 1 N–H and O–H groups in total. The summed E-state index contributed by atoms with van der Waals surface area (Å²) < 4.78 is 0. The van der Waals surface area contributed by atoms with Crippen molar-refractivity contribution in [1.82, 2.24) is 0 Å². The van der Waals surface area contributed by atoms with E-state index < -0.39 is 6.10 Å². The minimum atomic E-state index is -0.440. The first-order valence-electron chi connectivity index (χ1n) is 5.30. The van der Waals surface area contributed by atoms with E-state index in [0.29, 0.717) is 18.3 Å². The molecular weight excluding hydrogens is 210 g/mol. The molecule has 1 aromatic carbocycles. The maximum absolute atomic E-state index is 9.56. The van der Waals surface area contributed by atoms with Gasteiger partial charge in [0.25, 0.3) is 0 Å². The molecule has 0 aliphatic carbocycles. The first-order chi connectivity index (χ1) is 7.22. The minimum absolute atomic E-state index is 0.299. The Morgan fingerprint density at radius 1 is 1.53 bits per heavy atom. The van der Waals surface area contributed by atoms with E-state index in [2.05, 4.69) is 30.0 Å². The molecule has 1 heterocycles. The van der Waals surface area contributed by atoms with Crippen LogP contribution >= 0.6 is 11.6 Å². The van der Waals surface area contributed by atoms with Gasteiger partial charge in [0.1, 0.15) is 0 Å². The van der Waals surface area contributed by atoms with E-state index >= 15 is 0 Å². The number of aliphatic hydroxyl groups excluding tert-OH is 1. The summed E-state index contributed by atoms with van der Waals surface area (Å²) in [5, 5.41) is 9.56. The zero-order valence-corrected chi connectivity index (χ0v) is 9.61. The highest BCUT2D eigenvalue weighted by Gasteiger charge is 2.25. The van der Waals surface area contributed by atoms with Crippen molar-refractivity contribution in [2.75, 3.05) is 23.9 Å². The molecule has 1 aliphatic rings. The van der Waals surface area contributed by atoms with Crippen LogP contribution in [-0.2, 0) is 0 Å². The Labute approximate surface area is 95.5 Å². The van der Waals surface area contributed by atoms with Crippen LogP contribution in [-0.4, -0.2) is 30.2 Å². The van der Waals surface area contributed by atoms with Crippen molar-refractivity contribution in [3.8, 4) is 0 Å². The van der Waals surface area contributed by atoms with Crippen molar-refractivity contribution in [2.45, 2.75) is 18.9 Å². The van der Waals surface area contributed by atoms with Crippen molar-refractivity contribution < 1.29 is 5.11 Å². The van der Waals surface area contributed by atoms with Crippen LogP contribution in [0.5, 0.6) is 0 Å². The average molecular weight is 226 g/mol. The van der Waals surface area contributed by atoms with Gasteiger partial charge in [-0.2, -0.15) is 0 Å². The highest BCUT2D eigenvalue weighted by atomic mass is 35.5. The highest BCUT2D eigenvalue weighted by molar-refractivity contribution is 6.18. The number of halogens is 1. The molecule has 15 heavy (non-hydrogen) atoms. The maximum atomic E-state index is 9.56. The largest absolute Gasteiger partial charge is 0.390 e. The molecule has 0 spiro atoms. The van der Waals surface area contributed by atoms with E-state index in [0.717, 1.165) is 6.54 Å². The van der Waals surface area contributed by atoms with E-state index in [-0.39, 0.29) is 0 Å². The van der Waals surface area contributed by atoms with Crippen LogP contribution in [0.2, 0.25) is 0 Å². The Balaban J connectivity index is 2.17. The molecule has 0 saturated heterocycles. The zero-order valence-electron chi connectivity index (χ0n) is 8.86. The molecule has 1 aromatic rings. The quantitative estimate of drug-likeness (QED) is 0.798. The van der Waals surface area contributed by atoms with Gasteiger partial charge in [-0.3, -0.25) is 0 Å². The van der Waals surface area contributed by atoms with Gasteiger partial charge < -0.3 is 10.0 Å². The lowest BCUT2D eigenvalue weighted by Gasteiger charge is -2.21. The predicted octanol–water partition coefficient (Wildman–Crippen LogP) is 2.21. The lowest BCUT2D eigenvalue weighted by atomic mass is 10.0. The molecule has 0 amide bonds. The van der Waals surface area contributed by atoms with Gasteiger partial charge in [0.05, 0.1) is 12.0 Å².